The van der Waals surface area contributed by atoms with Crippen LogP contribution in [0.25, 0.3) is 28.1 Å². The van der Waals surface area contributed by atoms with E-state index in [0.717, 1.165) is 17.6 Å². The van der Waals surface area contributed by atoms with Gasteiger partial charge >= 0.3 is 0 Å². The Hall–Kier alpha value is -3.36. The number of likely N-dealkylation sites (N-methyl/N-ethyl adjacent to an activating group) is 1. The standard InChI is InChI=1S/C17H14BN7O/c1-24-6-7-26-15-13(24)8-20-25-16(22-23-17(15)25)12-5-2-9-10(18)3-4-11(19)14(9)21-12/h2-5,8H,6-7,19H2,1H3. The summed E-state index contributed by atoms with van der Waals surface area (Å²) in [7, 11) is 8.01. The molecule has 9 heteroatoms. The summed E-state index contributed by atoms with van der Waals surface area (Å²) < 4.78 is 7.43. The molecule has 0 unspecified atom stereocenters. The zero-order valence-corrected chi connectivity index (χ0v) is 14.0. The Bertz CT molecular complexity index is 1170. The molecule has 0 fully saturated rings. The number of nitrogens with two attached hydrogens (primary N) is 1. The molecule has 26 heavy (non-hydrogen) atoms. The Balaban J connectivity index is 1.73. The van der Waals surface area contributed by atoms with Crippen molar-refractivity contribution in [2.24, 2.45) is 0 Å². The van der Waals surface area contributed by atoms with Crippen LogP contribution in [0.2, 0.25) is 0 Å². The van der Waals surface area contributed by atoms with Crippen molar-refractivity contribution in [3.8, 4) is 17.3 Å². The lowest BCUT2D eigenvalue weighted by Gasteiger charge is -2.26. The minimum absolute atomic E-state index is 0.517. The average molecular weight is 343 g/mol. The number of nitrogens with zero attached hydrogens (tertiary/aromatic N) is 6. The highest BCUT2D eigenvalue weighted by atomic mass is 16.5. The van der Waals surface area contributed by atoms with Gasteiger partial charge in [0.1, 0.15) is 25.8 Å². The maximum Gasteiger partial charge on any atom is 0.222 e. The highest BCUT2D eigenvalue weighted by molar-refractivity contribution is 6.39. The van der Waals surface area contributed by atoms with Crippen molar-refractivity contribution in [1.82, 2.24) is 24.8 Å². The van der Waals surface area contributed by atoms with Crippen LogP contribution in [0.5, 0.6) is 5.75 Å². The van der Waals surface area contributed by atoms with Crippen LogP contribution in [0.3, 0.4) is 0 Å². The van der Waals surface area contributed by atoms with E-state index in [-0.39, 0.29) is 0 Å². The molecule has 2 radical (unpaired) electrons. The predicted octanol–water partition coefficient (Wildman–Crippen LogP) is 0.544. The van der Waals surface area contributed by atoms with Crippen LogP contribution in [0, 0.1) is 0 Å². The molecule has 0 saturated carbocycles. The molecule has 0 amide bonds. The first-order valence-corrected chi connectivity index (χ1v) is 8.17. The third-order valence-corrected chi connectivity index (χ3v) is 4.61. The van der Waals surface area contributed by atoms with Gasteiger partial charge in [-0.15, -0.1) is 10.2 Å². The zero-order chi connectivity index (χ0) is 17.8. The average Bonchev–Trinajstić information content (AvgIpc) is 3.09. The molecule has 0 saturated heterocycles. The normalized spacial score (nSPS) is 13.8. The van der Waals surface area contributed by atoms with E-state index < -0.39 is 0 Å². The van der Waals surface area contributed by atoms with Gasteiger partial charge in [-0.3, -0.25) is 0 Å². The molecule has 1 aliphatic rings. The molecule has 0 aliphatic carbocycles. The molecular formula is C17H14BN7O. The molecule has 0 spiro atoms. The van der Waals surface area contributed by atoms with Gasteiger partial charge in [0, 0.05) is 7.05 Å². The summed E-state index contributed by atoms with van der Waals surface area (Å²) in [4.78, 5) is 6.72. The Morgan fingerprint density at radius 2 is 2.08 bits per heavy atom. The van der Waals surface area contributed by atoms with Gasteiger partial charge in [-0.25, -0.2) is 4.98 Å². The fourth-order valence-electron chi connectivity index (χ4n) is 3.18. The lowest BCUT2D eigenvalue weighted by atomic mass is 9.91. The lowest BCUT2D eigenvalue weighted by Crippen LogP contribution is -2.29. The molecule has 1 aliphatic heterocycles. The third kappa shape index (κ3) is 2.03. The van der Waals surface area contributed by atoms with E-state index in [1.165, 1.54) is 0 Å². The largest absolute Gasteiger partial charge is 0.486 e. The molecular weight excluding hydrogens is 329 g/mol. The number of benzene rings is 1. The maximum absolute atomic E-state index is 6.06. The van der Waals surface area contributed by atoms with Crippen molar-refractivity contribution in [2.75, 3.05) is 30.8 Å². The smallest absolute Gasteiger partial charge is 0.222 e. The van der Waals surface area contributed by atoms with Crippen molar-refractivity contribution in [3.63, 3.8) is 0 Å². The summed E-state index contributed by atoms with van der Waals surface area (Å²) in [5, 5.41) is 13.8. The van der Waals surface area contributed by atoms with Gasteiger partial charge in [-0.05, 0) is 17.5 Å². The SMILES string of the molecule is [B]c1ccc(N)c2nc(-c3nnc4c5c(cnn34)N(C)CCO5)ccc12. The number of ether oxygens (including phenoxy) is 1. The Labute approximate surface area is 150 Å². The van der Waals surface area contributed by atoms with E-state index in [4.69, 9.17) is 18.3 Å². The Kier molecular flexibility index (Phi) is 3.06. The second-order valence-corrected chi connectivity index (χ2v) is 6.22. The van der Waals surface area contributed by atoms with E-state index >= 15 is 0 Å². The van der Waals surface area contributed by atoms with E-state index in [9.17, 15) is 0 Å². The lowest BCUT2D eigenvalue weighted by molar-refractivity contribution is 0.312. The summed E-state index contributed by atoms with van der Waals surface area (Å²) in [5.41, 5.74) is 9.95. The molecule has 4 aromatic rings. The molecule has 126 valence electrons. The molecule has 0 bridgehead atoms. The predicted molar refractivity (Wildman–Crippen MR) is 100 cm³/mol. The Morgan fingerprint density at radius 3 is 2.96 bits per heavy atom. The molecule has 5 rings (SSSR count). The third-order valence-electron chi connectivity index (χ3n) is 4.61. The van der Waals surface area contributed by atoms with E-state index in [1.54, 1.807) is 22.8 Å². The molecule has 2 N–H and O–H groups in total. The molecule has 3 aromatic heterocycles. The zero-order valence-electron chi connectivity index (χ0n) is 14.0. The fraction of sp³-hybridized carbons (Fsp3) is 0.176. The summed E-state index contributed by atoms with van der Waals surface area (Å²) in [5.74, 6) is 1.19. The van der Waals surface area contributed by atoms with Crippen molar-refractivity contribution in [3.05, 3.63) is 30.5 Å². The molecule has 4 heterocycles. The molecule has 8 nitrogen and oxygen atoms in total. The van der Waals surface area contributed by atoms with Gasteiger partial charge in [0.2, 0.25) is 11.5 Å². The van der Waals surface area contributed by atoms with Gasteiger partial charge in [-0.1, -0.05) is 17.6 Å². The summed E-state index contributed by atoms with van der Waals surface area (Å²) in [6.45, 7) is 1.40. The number of nitrogen functional groups attached to an aromatic ring is 1. The number of hydrogen-bond donors (Lipinski definition) is 1. The van der Waals surface area contributed by atoms with E-state index in [1.807, 2.05) is 19.2 Å². The quantitative estimate of drug-likeness (QED) is 0.398. The van der Waals surface area contributed by atoms with Crippen LogP contribution in [-0.4, -0.2) is 52.8 Å². The number of pyridine rings is 1. The van der Waals surface area contributed by atoms with Crippen molar-refractivity contribution in [2.45, 2.75) is 0 Å². The van der Waals surface area contributed by atoms with Gasteiger partial charge < -0.3 is 15.4 Å². The van der Waals surface area contributed by atoms with Gasteiger partial charge in [-0.2, -0.15) is 9.61 Å². The van der Waals surface area contributed by atoms with Crippen LogP contribution in [0.15, 0.2) is 30.5 Å². The number of aromatic nitrogens is 5. The topological polar surface area (TPSA) is 94.5 Å². The van der Waals surface area contributed by atoms with Crippen LogP contribution in [-0.2, 0) is 0 Å². The number of rotatable bonds is 1. The maximum atomic E-state index is 6.06. The molecule has 0 atom stereocenters. The minimum atomic E-state index is 0.517. The number of anilines is 2. The first-order chi connectivity index (χ1) is 12.6. The van der Waals surface area contributed by atoms with Crippen molar-refractivity contribution in [1.29, 1.82) is 0 Å². The van der Waals surface area contributed by atoms with Gasteiger partial charge in [0.15, 0.2) is 5.75 Å². The monoisotopic (exact) mass is 343 g/mol. The Morgan fingerprint density at radius 1 is 1.19 bits per heavy atom. The number of hydrogen-bond acceptors (Lipinski definition) is 7. The van der Waals surface area contributed by atoms with Crippen LogP contribution < -0.4 is 20.8 Å². The minimum Gasteiger partial charge on any atom is -0.486 e. The summed E-state index contributed by atoms with van der Waals surface area (Å²) in [6.07, 6.45) is 1.75. The van der Waals surface area contributed by atoms with Crippen LogP contribution >= 0.6 is 0 Å². The van der Waals surface area contributed by atoms with Gasteiger partial charge in [0.25, 0.3) is 0 Å². The summed E-state index contributed by atoms with van der Waals surface area (Å²) in [6, 6.07) is 7.23. The number of fused-ring (bicyclic) bond motifs is 4. The van der Waals surface area contributed by atoms with E-state index in [0.29, 0.717) is 46.2 Å². The summed E-state index contributed by atoms with van der Waals surface area (Å²) >= 11 is 0. The highest BCUT2D eigenvalue weighted by Crippen LogP contribution is 2.34. The highest BCUT2D eigenvalue weighted by Gasteiger charge is 2.23. The van der Waals surface area contributed by atoms with Crippen molar-refractivity contribution < 1.29 is 4.74 Å². The second-order valence-electron chi connectivity index (χ2n) is 6.22. The first-order valence-electron chi connectivity index (χ1n) is 8.17. The second kappa shape index (κ2) is 5.32. The van der Waals surface area contributed by atoms with Gasteiger partial charge in [0.05, 0.1) is 23.9 Å². The van der Waals surface area contributed by atoms with Crippen molar-refractivity contribution >= 4 is 41.2 Å². The fourth-order valence-corrected chi connectivity index (χ4v) is 3.18. The first kappa shape index (κ1) is 14.9. The van der Waals surface area contributed by atoms with E-state index in [2.05, 4.69) is 25.2 Å². The van der Waals surface area contributed by atoms with Crippen LogP contribution in [0.1, 0.15) is 0 Å². The molecule has 1 aromatic carbocycles. The van der Waals surface area contributed by atoms with Crippen LogP contribution in [0.4, 0.5) is 11.4 Å².